The normalized spacial score (nSPS) is 26.6. The lowest BCUT2D eigenvalue weighted by Crippen LogP contribution is -2.20. The minimum atomic E-state index is -0.0995. The van der Waals surface area contributed by atoms with Crippen LogP contribution in [-0.4, -0.2) is 11.6 Å². The molecule has 0 aromatic carbocycles. The molecule has 1 unspecified atom stereocenters. The number of Topliss-reactive ketones (excluding diaryl/α,β-unsaturated/α-hetero) is 1. The number of carbonyl (C=O) groups excluding carboxylic acids is 2. The van der Waals surface area contributed by atoms with Crippen LogP contribution in [0.5, 0.6) is 0 Å². The Labute approximate surface area is 59.9 Å². The zero-order valence-corrected chi connectivity index (χ0v) is 6.18. The number of hydrogen-bond donors (Lipinski definition) is 0. The van der Waals surface area contributed by atoms with E-state index >= 15 is 0 Å². The fourth-order valence-electron chi connectivity index (χ4n) is 1.15. The van der Waals surface area contributed by atoms with Crippen LogP contribution in [0.2, 0.25) is 0 Å². The van der Waals surface area contributed by atoms with Crippen LogP contribution in [-0.2, 0) is 9.59 Å². The highest BCUT2D eigenvalue weighted by atomic mass is 16.1. The average Bonchev–Trinajstić information content (AvgIpc) is 1.82. The molecule has 1 aliphatic carbocycles. The Morgan fingerprint density at radius 3 is 2.60 bits per heavy atom. The summed E-state index contributed by atoms with van der Waals surface area (Å²) in [7, 11) is 0. The van der Waals surface area contributed by atoms with Gasteiger partial charge in [0.05, 0.1) is 0 Å². The maximum absolute atomic E-state index is 11.1. The van der Waals surface area contributed by atoms with Crippen molar-refractivity contribution in [3.63, 3.8) is 0 Å². The Morgan fingerprint density at radius 1 is 1.50 bits per heavy atom. The third-order valence-corrected chi connectivity index (χ3v) is 1.72. The molecule has 0 bridgehead atoms. The van der Waals surface area contributed by atoms with Crippen LogP contribution in [0.25, 0.3) is 0 Å². The maximum atomic E-state index is 11.1. The third-order valence-electron chi connectivity index (χ3n) is 1.72. The van der Waals surface area contributed by atoms with Gasteiger partial charge in [-0.15, -0.1) is 0 Å². The van der Waals surface area contributed by atoms with E-state index in [-0.39, 0.29) is 17.5 Å². The quantitative estimate of drug-likeness (QED) is 0.502. The lowest BCUT2D eigenvalue weighted by atomic mass is 9.89. The molecular formula is C8H10O2. The van der Waals surface area contributed by atoms with Crippen LogP contribution in [0.3, 0.4) is 0 Å². The van der Waals surface area contributed by atoms with Gasteiger partial charge in [0.25, 0.3) is 0 Å². The van der Waals surface area contributed by atoms with E-state index in [4.69, 9.17) is 0 Å². The molecule has 54 valence electrons. The minimum absolute atomic E-state index is 0.0737. The van der Waals surface area contributed by atoms with Gasteiger partial charge in [-0.25, -0.2) is 0 Å². The van der Waals surface area contributed by atoms with E-state index in [1.807, 2.05) is 0 Å². The first-order valence-corrected chi connectivity index (χ1v) is 3.36. The topological polar surface area (TPSA) is 34.1 Å². The first kappa shape index (κ1) is 7.19. The van der Waals surface area contributed by atoms with Gasteiger partial charge in [-0.1, -0.05) is 6.92 Å². The van der Waals surface area contributed by atoms with E-state index in [1.54, 1.807) is 13.8 Å². The molecule has 0 aliphatic heterocycles. The highest BCUT2D eigenvalue weighted by molar-refractivity contribution is 6.08. The van der Waals surface area contributed by atoms with Gasteiger partial charge in [-0.2, -0.15) is 0 Å². The van der Waals surface area contributed by atoms with Gasteiger partial charge in [0, 0.05) is 12.3 Å². The van der Waals surface area contributed by atoms with Gasteiger partial charge in [0.2, 0.25) is 0 Å². The van der Waals surface area contributed by atoms with E-state index in [9.17, 15) is 9.59 Å². The summed E-state index contributed by atoms with van der Waals surface area (Å²) in [6.45, 7) is 3.48. The molecule has 1 rings (SSSR count). The summed E-state index contributed by atoms with van der Waals surface area (Å²) in [5.74, 6) is 0.0849. The third kappa shape index (κ3) is 1.15. The predicted octanol–water partition coefficient (Wildman–Crippen LogP) is 1.11. The molecule has 0 spiro atoms. The van der Waals surface area contributed by atoms with Crippen molar-refractivity contribution in [2.75, 3.05) is 0 Å². The molecule has 1 atom stereocenters. The Hall–Kier alpha value is -0.920. The molecule has 0 fully saturated rings. The van der Waals surface area contributed by atoms with Gasteiger partial charge in [0.15, 0.2) is 11.6 Å². The SMILES string of the molecule is CC1=CC(=O)CC(C)C1=O. The van der Waals surface area contributed by atoms with Crippen LogP contribution >= 0.6 is 0 Å². The lowest BCUT2D eigenvalue weighted by molar-refractivity contribution is -0.124. The van der Waals surface area contributed by atoms with Crippen LogP contribution in [0, 0.1) is 5.92 Å². The van der Waals surface area contributed by atoms with Gasteiger partial charge in [-0.05, 0) is 18.6 Å². The molecule has 0 N–H and O–H groups in total. The summed E-state index contributed by atoms with van der Waals surface area (Å²) < 4.78 is 0. The van der Waals surface area contributed by atoms with E-state index < -0.39 is 0 Å². The first-order valence-electron chi connectivity index (χ1n) is 3.36. The highest BCUT2D eigenvalue weighted by Crippen LogP contribution is 2.16. The van der Waals surface area contributed by atoms with Crippen LogP contribution < -0.4 is 0 Å². The van der Waals surface area contributed by atoms with E-state index in [0.29, 0.717) is 12.0 Å². The second kappa shape index (κ2) is 2.37. The van der Waals surface area contributed by atoms with Crippen molar-refractivity contribution in [3.05, 3.63) is 11.6 Å². The standard InChI is InChI=1S/C8H10O2/c1-5-3-7(9)4-6(2)8(5)10/h3,6H,4H2,1-2H3. The number of carbonyl (C=O) groups is 2. The lowest BCUT2D eigenvalue weighted by Gasteiger charge is -2.13. The number of rotatable bonds is 0. The fraction of sp³-hybridized carbons (Fsp3) is 0.500. The monoisotopic (exact) mass is 138 g/mol. The molecule has 0 saturated heterocycles. The fourth-order valence-corrected chi connectivity index (χ4v) is 1.15. The smallest absolute Gasteiger partial charge is 0.161 e. The zero-order valence-electron chi connectivity index (χ0n) is 6.18. The van der Waals surface area contributed by atoms with Crippen molar-refractivity contribution in [3.8, 4) is 0 Å². The molecule has 0 heterocycles. The summed E-state index contributed by atoms with van der Waals surface area (Å²) in [5.41, 5.74) is 0.601. The molecule has 10 heavy (non-hydrogen) atoms. The predicted molar refractivity (Wildman–Crippen MR) is 37.6 cm³/mol. The number of allylic oxidation sites excluding steroid dienone is 2. The average molecular weight is 138 g/mol. The van der Waals surface area contributed by atoms with E-state index in [1.165, 1.54) is 6.08 Å². The molecule has 0 saturated carbocycles. The molecule has 2 heteroatoms. The zero-order chi connectivity index (χ0) is 7.72. The summed E-state index contributed by atoms with van der Waals surface area (Å²) in [5, 5.41) is 0. The highest BCUT2D eigenvalue weighted by Gasteiger charge is 2.22. The second-order valence-electron chi connectivity index (χ2n) is 2.76. The first-order chi connectivity index (χ1) is 4.61. The second-order valence-corrected chi connectivity index (χ2v) is 2.76. The largest absolute Gasteiger partial charge is 0.295 e. The summed E-state index contributed by atoms with van der Waals surface area (Å²) >= 11 is 0. The van der Waals surface area contributed by atoms with Gasteiger partial charge < -0.3 is 0 Å². The van der Waals surface area contributed by atoms with Crippen molar-refractivity contribution in [2.24, 2.45) is 5.92 Å². The molecule has 0 aromatic heterocycles. The van der Waals surface area contributed by atoms with Crippen molar-refractivity contribution in [2.45, 2.75) is 20.3 Å². The van der Waals surface area contributed by atoms with Crippen LogP contribution in [0.1, 0.15) is 20.3 Å². The van der Waals surface area contributed by atoms with Crippen molar-refractivity contribution in [1.29, 1.82) is 0 Å². The van der Waals surface area contributed by atoms with E-state index in [2.05, 4.69) is 0 Å². The summed E-state index contributed by atoms with van der Waals surface area (Å²) in [4.78, 5) is 21.9. The molecule has 1 aliphatic rings. The van der Waals surface area contributed by atoms with Crippen molar-refractivity contribution < 1.29 is 9.59 Å². The van der Waals surface area contributed by atoms with Gasteiger partial charge >= 0.3 is 0 Å². The Kier molecular flexibility index (Phi) is 1.70. The molecule has 0 radical (unpaired) electrons. The van der Waals surface area contributed by atoms with Crippen LogP contribution in [0.15, 0.2) is 11.6 Å². The Morgan fingerprint density at radius 2 is 2.10 bits per heavy atom. The Balaban J connectivity index is 2.91. The molecule has 0 aromatic rings. The van der Waals surface area contributed by atoms with Crippen molar-refractivity contribution in [1.82, 2.24) is 0 Å². The molecular weight excluding hydrogens is 128 g/mol. The maximum Gasteiger partial charge on any atom is 0.161 e. The summed E-state index contributed by atoms with van der Waals surface area (Å²) in [6, 6.07) is 0. The number of hydrogen-bond acceptors (Lipinski definition) is 2. The van der Waals surface area contributed by atoms with E-state index in [0.717, 1.165) is 0 Å². The van der Waals surface area contributed by atoms with Gasteiger partial charge in [0.1, 0.15) is 0 Å². The van der Waals surface area contributed by atoms with Crippen molar-refractivity contribution >= 4 is 11.6 Å². The van der Waals surface area contributed by atoms with Crippen LogP contribution in [0.4, 0.5) is 0 Å². The number of ketones is 2. The molecule has 0 amide bonds. The molecule has 2 nitrogen and oxygen atoms in total. The summed E-state index contributed by atoms with van der Waals surface area (Å²) in [6.07, 6.45) is 1.82. The van der Waals surface area contributed by atoms with Gasteiger partial charge in [-0.3, -0.25) is 9.59 Å². The Bertz CT molecular complexity index is 213. The minimum Gasteiger partial charge on any atom is -0.295 e.